The van der Waals surface area contributed by atoms with Gasteiger partial charge in [0, 0.05) is 12.1 Å². The standard InChI is InChI=1S/C17H31N3/c1-6-16(18)17(15-11-8-7-10-14(15)2)20(5)13-9-12-19(3)4/h7-8,10-11,16-17H,6,9,12-13,18H2,1-5H3. The van der Waals surface area contributed by atoms with Crippen LogP contribution in [-0.2, 0) is 0 Å². The molecule has 3 heteroatoms. The lowest BCUT2D eigenvalue weighted by Crippen LogP contribution is -2.40. The summed E-state index contributed by atoms with van der Waals surface area (Å²) in [5.41, 5.74) is 9.10. The van der Waals surface area contributed by atoms with Crippen molar-refractivity contribution < 1.29 is 0 Å². The number of rotatable bonds is 8. The largest absolute Gasteiger partial charge is 0.326 e. The maximum absolute atomic E-state index is 6.40. The SMILES string of the molecule is CCC(N)C(c1ccccc1C)N(C)CCCN(C)C. The zero-order valence-corrected chi connectivity index (χ0v) is 13.8. The molecule has 0 amide bonds. The molecule has 0 radical (unpaired) electrons. The highest BCUT2D eigenvalue weighted by Crippen LogP contribution is 2.26. The lowest BCUT2D eigenvalue weighted by molar-refractivity contribution is 0.199. The van der Waals surface area contributed by atoms with Crippen molar-refractivity contribution in [3.8, 4) is 0 Å². The number of benzene rings is 1. The maximum Gasteiger partial charge on any atom is 0.0498 e. The Morgan fingerprint density at radius 1 is 1.10 bits per heavy atom. The highest BCUT2D eigenvalue weighted by atomic mass is 15.2. The predicted octanol–water partition coefficient (Wildman–Crippen LogP) is 2.66. The van der Waals surface area contributed by atoms with Gasteiger partial charge in [-0.1, -0.05) is 31.2 Å². The first-order valence-corrected chi connectivity index (χ1v) is 7.63. The number of nitrogens with zero attached hydrogens (tertiary/aromatic N) is 2. The van der Waals surface area contributed by atoms with Crippen LogP contribution in [0, 0.1) is 6.92 Å². The molecule has 0 bridgehead atoms. The van der Waals surface area contributed by atoms with Crippen LogP contribution < -0.4 is 5.73 Å². The Kier molecular flexibility index (Phi) is 7.20. The fraction of sp³-hybridized carbons (Fsp3) is 0.647. The number of hydrogen-bond donors (Lipinski definition) is 1. The van der Waals surface area contributed by atoms with E-state index in [1.165, 1.54) is 17.5 Å². The van der Waals surface area contributed by atoms with E-state index >= 15 is 0 Å². The third kappa shape index (κ3) is 4.89. The van der Waals surface area contributed by atoms with Crippen molar-refractivity contribution in [1.29, 1.82) is 0 Å². The molecule has 0 aliphatic rings. The lowest BCUT2D eigenvalue weighted by atomic mass is 9.93. The van der Waals surface area contributed by atoms with E-state index in [9.17, 15) is 0 Å². The molecule has 0 aliphatic heterocycles. The van der Waals surface area contributed by atoms with Gasteiger partial charge < -0.3 is 10.6 Å². The van der Waals surface area contributed by atoms with E-state index in [1.807, 2.05) is 0 Å². The fourth-order valence-corrected chi connectivity index (χ4v) is 2.71. The van der Waals surface area contributed by atoms with Gasteiger partial charge in [-0.3, -0.25) is 4.90 Å². The van der Waals surface area contributed by atoms with Gasteiger partial charge in [-0.2, -0.15) is 0 Å². The first kappa shape index (κ1) is 17.2. The van der Waals surface area contributed by atoms with Crippen molar-refractivity contribution in [3.05, 3.63) is 35.4 Å². The molecule has 1 aromatic carbocycles. The predicted molar refractivity (Wildman–Crippen MR) is 88.0 cm³/mol. The molecule has 2 atom stereocenters. The van der Waals surface area contributed by atoms with Crippen molar-refractivity contribution in [2.75, 3.05) is 34.2 Å². The topological polar surface area (TPSA) is 32.5 Å². The monoisotopic (exact) mass is 277 g/mol. The number of hydrogen-bond acceptors (Lipinski definition) is 3. The van der Waals surface area contributed by atoms with Crippen LogP contribution in [0.4, 0.5) is 0 Å². The summed E-state index contributed by atoms with van der Waals surface area (Å²) in [6, 6.07) is 9.10. The quantitative estimate of drug-likeness (QED) is 0.793. The molecule has 0 aromatic heterocycles. The van der Waals surface area contributed by atoms with Crippen LogP contribution in [-0.4, -0.2) is 50.1 Å². The Bertz CT molecular complexity index is 390. The van der Waals surface area contributed by atoms with E-state index in [1.54, 1.807) is 0 Å². The van der Waals surface area contributed by atoms with Crippen LogP contribution in [0.15, 0.2) is 24.3 Å². The molecule has 0 spiro atoms. The van der Waals surface area contributed by atoms with E-state index in [0.29, 0.717) is 6.04 Å². The van der Waals surface area contributed by atoms with Gasteiger partial charge in [0.1, 0.15) is 0 Å². The summed E-state index contributed by atoms with van der Waals surface area (Å²) < 4.78 is 0. The second-order valence-corrected chi connectivity index (χ2v) is 6.01. The van der Waals surface area contributed by atoms with Crippen LogP contribution in [0.3, 0.4) is 0 Å². The van der Waals surface area contributed by atoms with Crippen LogP contribution in [0.1, 0.15) is 36.9 Å². The molecule has 2 unspecified atom stereocenters. The van der Waals surface area contributed by atoms with E-state index in [2.05, 4.69) is 69.1 Å². The van der Waals surface area contributed by atoms with Crippen molar-refractivity contribution in [2.45, 2.75) is 38.8 Å². The molecule has 20 heavy (non-hydrogen) atoms. The molecule has 0 saturated heterocycles. The number of aryl methyl sites for hydroxylation is 1. The van der Waals surface area contributed by atoms with Gasteiger partial charge in [0.25, 0.3) is 0 Å². The third-order valence-electron chi connectivity index (χ3n) is 3.98. The highest BCUT2D eigenvalue weighted by molar-refractivity contribution is 5.29. The summed E-state index contributed by atoms with van der Waals surface area (Å²) in [6.07, 6.45) is 2.17. The highest BCUT2D eigenvalue weighted by Gasteiger charge is 2.23. The Morgan fingerprint density at radius 3 is 2.30 bits per heavy atom. The first-order chi connectivity index (χ1) is 9.47. The Labute approximate surface area is 124 Å². The summed E-state index contributed by atoms with van der Waals surface area (Å²) in [6.45, 7) is 6.54. The van der Waals surface area contributed by atoms with Crippen LogP contribution >= 0.6 is 0 Å². The summed E-state index contributed by atoms with van der Waals surface area (Å²) in [5.74, 6) is 0. The zero-order valence-electron chi connectivity index (χ0n) is 13.8. The first-order valence-electron chi connectivity index (χ1n) is 7.63. The van der Waals surface area contributed by atoms with Crippen LogP contribution in [0.5, 0.6) is 0 Å². The average molecular weight is 277 g/mol. The van der Waals surface area contributed by atoms with Crippen molar-refractivity contribution in [2.24, 2.45) is 5.73 Å². The van der Waals surface area contributed by atoms with E-state index in [0.717, 1.165) is 19.5 Å². The normalized spacial score (nSPS) is 14.8. The minimum absolute atomic E-state index is 0.181. The van der Waals surface area contributed by atoms with Gasteiger partial charge in [0.05, 0.1) is 0 Å². The lowest BCUT2D eigenvalue weighted by Gasteiger charge is -2.34. The second-order valence-electron chi connectivity index (χ2n) is 6.01. The van der Waals surface area contributed by atoms with Crippen molar-refractivity contribution in [3.63, 3.8) is 0 Å². The van der Waals surface area contributed by atoms with E-state index in [4.69, 9.17) is 5.73 Å². The molecule has 1 rings (SSSR count). The summed E-state index contributed by atoms with van der Waals surface area (Å²) in [4.78, 5) is 4.65. The fourth-order valence-electron chi connectivity index (χ4n) is 2.71. The van der Waals surface area contributed by atoms with E-state index < -0.39 is 0 Å². The molecule has 0 heterocycles. The van der Waals surface area contributed by atoms with Gasteiger partial charge in [-0.25, -0.2) is 0 Å². The average Bonchev–Trinajstić information content (AvgIpc) is 2.40. The second kappa shape index (κ2) is 8.40. The summed E-state index contributed by atoms with van der Waals surface area (Å²) in [7, 11) is 6.44. The smallest absolute Gasteiger partial charge is 0.0498 e. The van der Waals surface area contributed by atoms with E-state index in [-0.39, 0.29) is 6.04 Å². The molecule has 1 aromatic rings. The van der Waals surface area contributed by atoms with Crippen LogP contribution in [0.25, 0.3) is 0 Å². The Morgan fingerprint density at radius 2 is 1.75 bits per heavy atom. The van der Waals surface area contributed by atoms with Gasteiger partial charge in [0.15, 0.2) is 0 Å². The van der Waals surface area contributed by atoms with Gasteiger partial charge in [-0.05, 0) is 65.1 Å². The Hall–Kier alpha value is -0.900. The van der Waals surface area contributed by atoms with Crippen molar-refractivity contribution in [1.82, 2.24) is 9.80 Å². The molecule has 0 saturated carbocycles. The number of likely N-dealkylation sites (N-methyl/N-ethyl adjacent to an activating group) is 1. The summed E-state index contributed by atoms with van der Waals surface area (Å²) in [5, 5.41) is 0. The van der Waals surface area contributed by atoms with Crippen molar-refractivity contribution >= 4 is 0 Å². The molecule has 0 aliphatic carbocycles. The molecule has 114 valence electrons. The van der Waals surface area contributed by atoms with Gasteiger partial charge in [-0.15, -0.1) is 0 Å². The molecule has 2 N–H and O–H groups in total. The molecule has 0 fully saturated rings. The maximum atomic E-state index is 6.40. The minimum atomic E-state index is 0.181. The third-order valence-corrected chi connectivity index (χ3v) is 3.98. The minimum Gasteiger partial charge on any atom is -0.326 e. The molecular formula is C17H31N3. The van der Waals surface area contributed by atoms with Gasteiger partial charge in [0.2, 0.25) is 0 Å². The molecular weight excluding hydrogens is 246 g/mol. The Balaban J connectivity index is 2.82. The van der Waals surface area contributed by atoms with Gasteiger partial charge >= 0.3 is 0 Å². The zero-order chi connectivity index (χ0) is 15.1. The molecule has 3 nitrogen and oxygen atoms in total. The summed E-state index contributed by atoms with van der Waals surface area (Å²) >= 11 is 0. The number of nitrogens with two attached hydrogens (primary N) is 1. The van der Waals surface area contributed by atoms with Crippen LogP contribution in [0.2, 0.25) is 0 Å².